The molecule has 1 aliphatic carbocycles. The van der Waals surface area contributed by atoms with E-state index in [9.17, 15) is 4.79 Å². The van der Waals surface area contributed by atoms with E-state index in [4.69, 9.17) is 5.73 Å². The number of nitrogens with one attached hydrogen (secondary N) is 1. The molecule has 2 heterocycles. The number of hydrogen-bond acceptors (Lipinski definition) is 8. The number of hydrogen-bond donors (Lipinski definition) is 2. The Morgan fingerprint density at radius 2 is 1.73 bits per heavy atom. The summed E-state index contributed by atoms with van der Waals surface area (Å²) in [4.78, 5) is 31.7. The van der Waals surface area contributed by atoms with Crippen molar-refractivity contribution >= 4 is 17.8 Å². The molecule has 144 valence electrons. The summed E-state index contributed by atoms with van der Waals surface area (Å²) in [7, 11) is 3.77. The van der Waals surface area contributed by atoms with Crippen LogP contribution in [0.4, 0.5) is 11.9 Å². The van der Waals surface area contributed by atoms with Crippen LogP contribution in [0.15, 0.2) is 0 Å². The summed E-state index contributed by atoms with van der Waals surface area (Å²) in [5.41, 5.74) is 5.84. The van der Waals surface area contributed by atoms with Crippen molar-refractivity contribution in [2.75, 3.05) is 50.9 Å². The molecule has 26 heavy (non-hydrogen) atoms. The molecule has 2 fully saturated rings. The highest BCUT2D eigenvalue weighted by Crippen LogP contribution is 2.22. The van der Waals surface area contributed by atoms with Gasteiger partial charge in [-0.15, -0.1) is 0 Å². The van der Waals surface area contributed by atoms with Crippen LogP contribution in [-0.4, -0.2) is 83.0 Å². The molecule has 1 aliphatic heterocycles. The number of aromatic nitrogens is 3. The van der Waals surface area contributed by atoms with Crippen LogP contribution in [0.3, 0.4) is 0 Å². The predicted octanol–water partition coefficient (Wildman–Crippen LogP) is -0.134. The zero-order chi connectivity index (χ0) is 18.8. The van der Waals surface area contributed by atoms with Crippen molar-refractivity contribution < 1.29 is 4.79 Å². The second kappa shape index (κ2) is 7.71. The Kier molecular flexibility index (Phi) is 5.57. The van der Waals surface area contributed by atoms with Gasteiger partial charge < -0.3 is 16.0 Å². The first-order valence-corrected chi connectivity index (χ1v) is 9.32. The lowest BCUT2D eigenvalue weighted by atomic mass is 10.1. The third-order valence-corrected chi connectivity index (χ3v) is 5.18. The summed E-state index contributed by atoms with van der Waals surface area (Å²) in [6.45, 7) is 7.52. The van der Waals surface area contributed by atoms with Gasteiger partial charge in [-0.2, -0.15) is 15.0 Å². The number of piperazine rings is 1. The Bertz CT molecular complexity index is 640. The van der Waals surface area contributed by atoms with E-state index < -0.39 is 0 Å². The lowest BCUT2D eigenvalue weighted by molar-refractivity contribution is -0.126. The highest BCUT2D eigenvalue weighted by atomic mass is 16.2. The van der Waals surface area contributed by atoms with Crippen molar-refractivity contribution in [1.82, 2.24) is 30.1 Å². The maximum absolute atomic E-state index is 12.3. The quantitative estimate of drug-likeness (QED) is 0.721. The summed E-state index contributed by atoms with van der Waals surface area (Å²) in [6, 6.07) is 0.379. The zero-order valence-corrected chi connectivity index (χ0v) is 16.1. The molecular formula is C17H30N8O. The van der Waals surface area contributed by atoms with E-state index in [2.05, 4.69) is 37.0 Å². The Morgan fingerprint density at radius 1 is 1.12 bits per heavy atom. The number of amides is 1. The molecule has 3 N–H and O–H groups in total. The molecular weight excluding hydrogens is 332 g/mol. The molecule has 1 saturated heterocycles. The number of carbonyl (C=O) groups excluding carboxylic acids is 1. The minimum atomic E-state index is -0.0822. The predicted molar refractivity (Wildman–Crippen MR) is 101 cm³/mol. The Hall–Kier alpha value is -2.00. The lowest BCUT2D eigenvalue weighted by Crippen LogP contribution is -2.54. The number of anilines is 2. The monoisotopic (exact) mass is 362 g/mol. The van der Waals surface area contributed by atoms with Crippen molar-refractivity contribution in [2.24, 2.45) is 0 Å². The molecule has 0 aromatic carbocycles. The maximum atomic E-state index is 12.3. The van der Waals surface area contributed by atoms with Crippen molar-refractivity contribution in [3.05, 3.63) is 5.82 Å². The first-order chi connectivity index (χ1) is 12.3. The number of carbonyl (C=O) groups is 1. The van der Waals surface area contributed by atoms with Gasteiger partial charge in [-0.3, -0.25) is 14.6 Å². The van der Waals surface area contributed by atoms with Gasteiger partial charge in [0.1, 0.15) is 0 Å². The lowest BCUT2D eigenvalue weighted by Gasteiger charge is -2.39. The van der Waals surface area contributed by atoms with Gasteiger partial charge in [0, 0.05) is 46.3 Å². The van der Waals surface area contributed by atoms with Crippen LogP contribution >= 0.6 is 0 Å². The van der Waals surface area contributed by atoms with Crippen molar-refractivity contribution in [3.63, 3.8) is 0 Å². The molecule has 1 aromatic rings. The van der Waals surface area contributed by atoms with Crippen LogP contribution in [0, 0.1) is 0 Å². The summed E-state index contributed by atoms with van der Waals surface area (Å²) < 4.78 is 0. The second-order valence-corrected chi connectivity index (χ2v) is 7.45. The molecule has 0 radical (unpaired) electrons. The summed E-state index contributed by atoms with van der Waals surface area (Å²) in [5.74, 6) is 1.65. The summed E-state index contributed by atoms with van der Waals surface area (Å²) in [5, 5.41) is 3.09. The molecule has 1 aromatic heterocycles. The molecule has 0 bridgehead atoms. The number of nitrogens with two attached hydrogens (primary N) is 1. The Labute approximate surface area is 155 Å². The van der Waals surface area contributed by atoms with E-state index >= 15 is 0 Å². The van der Waals surface area contributed by atoms with Crippen LogP contribution in [0.1, 0.15) is 38.6 Å². The fraction of sp³-hybridized carbons (Fsp3) is 0.765. The molecule has 0 spiro atoms. The van der Waals surface area contributed by atoms with E-state index in [1.165, 1.54) is 0 Å². The van der Waals surface area contributed by atoms with Gasteiger partial charge in [-0.05, 0) is 26.7 Å². The van der Waals surface area contributed by atoms with E-state index in [1.807, 2.05) is 25.9 Å². The molecule has 2 aliphatic rings. The summed E-state index contributed by atoms with van der Waals surface area (Å²) >= 11 is 0. The standard InChI is InChI=1S/C17H30N8O/c1-11(14-20-16(18)22-17(21-14)23(3)4)24-7-9-25(10-8-24)12(2)15(26)19-13-5-6-13/h11-13H,5-10H2,1-4H3,(H,19,26)(H2,18,20,21,22)/t11-,12+/m1/s1. The zero-order valence-electron chi connectivity index (χ0n) is 16.1. The third-order valence-electron chi connectivity index (χ3n) is 5.18. The van der Waals surface area contributed by atoms with Crippen LogP contribution in [0.25, 0.3) is 0 Å². The molecule has 2 atom stereocenters. The minimum absolute atomic E-state index is 0.0525. The normalized spacial score (nSPS) is 21.2. The van der Waals surface area contributed by atoms with Crippen molar-refractivity contribution in [2.45, 2.75) is 44.8 Å². The fourth-order valence-electron chi connectivity index (χ4n) is 3.17. The molecule has 9 nitrogen and oxygen atoms in total. The second-order valence-electron chi connectivity index (χ2n) is 7.45. The Morgan fingerprint density at radius 3 is 2.31 bits per heavy atom. The highest BCUT2D eigenvalue weighted by molar-refractivity contribution is 5.81. The van der Waals surface area contributed by atoms with Crippen molar-refractivity contribution in [1.29, 1.82) is 0 Å². The van der Waals surface area contributed by atoms with Gasteiger partial charge in [-0.1, -0.05) is 0 Å². The van der Waals surface area contributed by atoms with Crippen LogP contribution in [0.2, 0.25) is 0 Å². The first kappa shape index (κ1) is 18.8. The van der Waals surface area contributed by atoms with E-state index in [1.54, 1.807) is 0 Å². The minimum Gasteiger partial charge on any atom is -0.368 e. The molecule has 3 rings (SSSR count). The molecule has 9 heteroatoms. The van der Waals surface area contributed by atoms with E-state index in [0.717, 1.165) is 39.0 Å². The molecule has 1 amide bonds. The van der Waals surface area contributed by atoms with E-state index in [0.29, 0.717) is 17.8 Å². The number of nitrogen functional groups attached to an aromatic ring is 1. The van der Waals surface area contributed by atoms with Gasteiger partial charge in [0.2, 0.25) is 17.8 Å². The Balaban J connectivity index is 1.58. The SMILES string of the molecule is C[C@H](c1nc(N)nc(N(C)C)n1)N1CCN([C@@H](C)C(=O)NC2CC2)CC1. The van der Waals surface area contributed by atoms with Crippen molar-refractivity contribution in [3.8, 4) is 0 Å². The first-order valence-electron chi connectivity index (χ1n) is 9.32. The largest absolute Gasteiger partial charge is 0.368 e. The van der Waals surface area contributed by atoms with Crippen LogP contribution in [-0.2, 0) is 4.79 Å². The van der Waals surface area contributed by atoms with Gasteiger partial charge in [0.15, 0.2) is 5.82 Å². The number of nitrogens with zero attached hydrogens (tertiary/aromatic N) is 6. The average Bonchev–Trinajstić information content (AvgIpc) is 3.44. The number of rotatable bonds is 6. The fourth-order valence-corrected chi connectivity index (χ4v) is 3.17. The average molecular weight is 362 g/mol. The molecule has 1 saturated carbocycles. The van der Waals surface area contributed by atoms with Gasteiger partial charge in [-0.25, -0.2) is 0 Å². The van der Waals surface area contributed by atoms with Gasteiger partial charge >= 0.3 is 0 Å². The van der Waals surface area contributed by atoms with Gasteiger partial charge in [0.25, 0.3) is 0 Å². The van der Waals surface area contributed by atoms with E-state index in [-0.39, 0.29) is 23.9 Å². The maximum Gasteiger partial charge on any atom is 0.237 e. The van der Waals surface area contributed by atoms with Gasteiger partial charge in [0.05, 0.1) is 12.1 Å². The van der Waals surface area contributed by atoms with Crippen LogP contribution in [0.5, 0.6) is 0 Å². The third kappa shape index (κ3) is 4.39. The molecule has 0 unspecified atom stereocenters. The highest BCUT2D eigenvalue weighted by Gasteiger charge is 2.31. The topological polar surface area (TPSA) is 104 Å². The smallest absolute Gasteiger partial charge is 0.237 e. The van der Waals surface area contributed by atoms with Crippen LogP contribution < -0.4 is 16.0 Å². The summed E-state index contributed by atoms with van der Waals surface area (Å²) in [6.07, 6.45) is 2.24.